The van der Waals surface area contributed by atoms with Crippen molar-refractivity contribution in [3.8, 4) is 11.3 Å². The molecule has 0 radical (unpaired) electrons. The van der Waals surface area contributed by atoms with Crippen molar-refractivity contribution in [1.82, 2.24) is 15.3 Å². The van der Waals surface area contributed by atoms with Crippen LogP contribution >= 0.6 is 11.6 Å². The summed E-state index contributed by atoms with van der Waals surface area (Å²) in [6.45, 7) is 8.30. The van der Waals surface area contributed by atoms with Gasteiger partial charge in [-0.1, -0.05) is 42.7 Å². The SMILES string of the molecule is CCCC(NC(=O)c1cnc2c(-c3cc(C)cc(Cl)c3)nccc2c1C)C1=C(C)CCC=C1. The highest BCUT2D eigenvalue weighted by atomic mass is 35.5. The second-order valence-corrected chi connectivity index (χ2v) is 9.30. The monoisotopic (exact) mass is 459 g/mol. The van der Waals surface area contributed by atoms with Crippen molar-refractivity contribution in [2.45, 2.75) is 59.4 Å². The Morgan fingerprint density at radius 2 is 2.00 bits per heavy atom. The quantitative estimate of drug-likeness (QED) is 0.426. The number of hydrogen-bond donors (Lipinski definition) is 1. The lowest BCUT2D eigenvalue weighted by Crippen LogP contribution is -2.37. The van der Waals surface area contributed by atoms with Gasteiger partial charge in [0.2, 0.25) is 0 Å². The largest absolute Gasteiger partial charge is 0.345 e. The smallest absolute Gasteiger partial charge is 0.253 e. The lowest BCUT2D eigenvalue weighted by Gasteiger charge is -2.24. The number of rotatable bonds is 6. The van der Waals surface area contributed by atoms with E-state index in [0.717, 1.165) is 59.0 Å². The minimum Gasteiger partial charge on any atom is -0.345 e. The first-order valence-electron chi connectivity index (χ1n) is 11.6. The molecule has 0 aliphatic heterocycles. The molecule has 0 saturated carbocycles. The number of carbonyl (C=O) groups excluding carboxylic acids is 1. The molecule has 1 N–H and O–H groups in total. The lowest BCUT2D eigenvalue weighted by molar-refractivity contribution is 0.0940. The topological polar surface area (TPSA) is 54.9 Å². The van der Waals surface area contributed by atoms with Crippen LogP contribution in [0.4, 0.5) is 0 Å². The second kappa shape index (κ2) is 9.88. The average Bonchev–Trinajstić information content (AvgIpc) is 2.78. The summed E-state index contributed by atoms with van der Waals surface area (Å²) in [6, 6.07) is 7.81. The van der Waals surface area contributed by atoms with Crippen LogP contribution in [-0.2, 0) is 0 Å². The maximum Gasteiger partial charge on any atom is 0.253 e. The van der Waals surface area contributed by atoms with Crippen LogP contribution in [0, 0.1) is 13.8 Å². The predicted molar refractivity (Wildman–Crippen MR) is 137 cm³/mol. The van der Waals surface area contributed by atoms with Crippen LogP contribution in [0.25, 0.3) is 22.2 Å². The summed E-state index contributed by atoms with van der Waals surface area (Å²) in [6.07, 6.45) is 11.8. The number of carbonyl (C=O) groups is 1. The summed E-state index contributed by atoms with van der Waals surface area (Å²) in [5.74, 6) is -0.0865. The summed E-state index contributed by atoms with van der Waals surface area (Å²) < 4.78 is 0. The molecule has 33 heavy (non-hydrogen) atoms. The van der Waals surface area contributed by atoms with Gasteiger partial charge in [-0.15, -0.1) is 0 Å². The van der Waals surface area contributed by atoms with Gasteiger partial charge in [-0.05, 0) is 81.0 Å². The highest BCUT2D eigenvalue weighted by Gasteiger charge is 2.21. The van der Waals surface area contributed by atoms with Crippen LogP contribution in [0.3, 0.4) is 0 Å². The Morgan fingerprint density at radius 1 is 1.18 bits per heavy atom. The summed E-state index contributed by atoms with van der Waals surface area (Å²) in [5, 5.41) is 4.87. The Kier molecular flexibility index (Phi) is 6.94. The van der Waals surface area contributed by atoms with Crippen molar-refractivity contribution < 1.29 is 4.79 Å². The van der Waals surface area contributed by atoms with Gasteiger partial charge in [-0.25, -0.2) is 0 Å². The van der Waals surface area contributed by atoms with E-state index in [9.17, 15) is 4.79 Å². The van der Waals surface area contributed by atoms with E-state index in [1.807, 2.05) is 38.1 Å². The Balaban J connectivity index is 1.71. The zero-order valence-corrected chi connectivity index (χ0v) is 20.5. The maximum atomic E-state index is 13.4. The molecule has 170 valence electrons. The number of hydrogen-bond acceptors (Lipinski definition) is 3. The third kappa shape index (κ3) is 4.86. The number of benzene rings is 1. The minimum absolute atomic E-state index is 0.0107. The maximum absolute atomic E-state index is 13.4. The van der Waals surface area contributed by atoms with E-state index in [2.05, 4.69) is 41.3 Å². The standard InChI is InChI=1S/C28H30ClN3O/c1-5-8-25(22-10-7-6-9-18(22)3)32-28(33)24-16-31-27-23(19(24)4)11-12-30-26(27)20-13-17(2)14-21(29)15-20/h7,10-16,25H,5-6,8-9H2,1-4H3,(H,32,33). The molecule has 0 bridgehead atoms. The van der Waals surface area contributed by atoms with Gasteiger partial charge >= 0.3 is 0 Å². The first-order chi connectivity index (χ1) is 15.9. The first-order valence-corrected chi connectivity index (χ1v) is 12.0. The number of fused-ring (bicyclic) bond motifs is 1. The molecule has 1 aliphatic carbocycles. The molecule has 5 heteroatoms. The van der Waals surface area contributed by atoms with E-state index in [4.69, 9.17) is 11.6 Å². The lowest BCUT2D eigenvalue weighted by atomic mass is 9.91. The van der Waals surface area contributed by atoms with Gasteiger partial charge in [-0.2, -0.15) is 0 Å². The molecule has 3 aromatic rings. The van der Waals surface area contributed by atoms with Crippen LogP contribution in [0.1, 0.15) is 61.0 Å². The second-order valence-electron chi connectivity index (χ2n) is 8.86. The van der Waals surface area contributed by atoms with Gasteiger partial charge in [0.1, 0.15) is 0 Å². The number of pyridine rings is 2. The van der Waals surface area contributed by atoms with Crippen LogP contribution in [0.5, 0.6) is 0 Å². The Morgan fingerprint density at radius 3 is 2.73 bits per heavy atom. The van der Waals surface area contributed by atoms with Crippen molar-refractivity contribution in [3.05, 3.63) is 81.7 Å². The molecule has 1 aromatic carbocycles. The van der Waals surface area contributed by atoms with Gasteiger partial charge in [0.15, 0.2) is 0 Å². The number of aryl methyl sites for hydroxylation is 2. The number of nitrogens with one attached hydrogen (secondary N) is 1. The number of nitrogens with zero attached hydrogens (tertiary/aromatic N) is 2. The van der Waals surface area contributed by atoms with Crippen molar-refractivity contribution in [1.29, 1.82) is 0 Å². The minimum atomic E-state index is -0.0865. The molecule has 0 spiro atoms. The molecule has 1 atom stereocenters. The fourth-order valence-corrected chi connectivity index (χ4v) is 4.90. The highest BCUT2D eigenvalue weighted by Crippen LogP contribution is 2.31. The zero-order valence-electron chi connectivity index (χ0n) is 19.7. The van der Waals surface area contributed by atoms with Crippen molar-refractivity contribution in [3.63, 3.8) is 0 Å². The molecular formula is C28H30ClN3O. The number of amides is 1. The predicted octanol–water partition coefficient (Wildman–Crippen LogP) is 7.13. The molecule has 2 aromatic heterocycles. The van der Waals surface area contributed by atoms with Crippen LogP contribution in [0.2, 0.25) is 5.02 Å². The summed E-state index contributed by atoms with van der Waals surface area (Å²) in [4.78, 5) is 22.6. The number of halogens is 1. The molecule has 1 amide bonds. The van der Waals surface area contributed by atoms with Crippen molar-refractivity contribution in [2.75, 3.05) is 0 Å². The van der Waals surface area contributed by atoms with Crippen LogP contribution in [-0.4, -0.2) is 21.9 Å². The molecule has 0 saturated heterocycles. The van der Waals surface area contributed by atoms with Crippen LogP contribution < -0.4 is 5.32 Å². The first kappa shape index (κ1) is 23.2. The number of allylic oxidation sites excluding steroid dienone is 2. The van der Waals surface area contributed by atoms with E-state index >= 15 is 0 Å². The average molecular weight is 460 g/mol. The Bertz CT molecular complexity index is 1260. The normalized spacial score (nSPS) is 14.6. The molecule has 4 rings (SSSR count). The van der Waals surface area contributed by atoms with Gasteiger partial charge in [0.05, 0.1) is 22.8 Å². The summed E-state index contributed by atoms with van der Waals surface area (Å²) >= 11 is 6.29. The fourth-order valence-electron chi connectivity index (χ4n) is 4.61. The summed E-state index contributed by atoms with van der Waals surface area (Å²) in [5.41, 5.74) is 7.62. The van der Waals surface area contributed by atoms with Gasteiger partial charge in [0.25, 0.3) is 5.91 Å². The van der Waals surface area contributed by atoms with Gasteiger partial charge < -0.3 is 5.32 Å². The molecule has 0 fully saturated rings. The van der Waals surface area contributed by atoms with Crippen LogP contribution in [0.15, 0.2) is 60.0 Å². The highest BCUT2D eigenvalue weighted by molar-refractivity contribution is 6.31. The molecule has 1 unspecified atom stereocenters. The summed E-state index contributed by atoms with van der Waals surface area (Å²) in [7, 11) is 0. The van der Waals surface area contributed by atoms with E-state index in [-0.39, 0.29) is 11.9 Å². The van der Waals surface area contributed by atoms with E-state index in [1.165, 1.54) is 11.1 Å². The number of aromatic nitrogens is 2. The van der Waals surface area contributed by atoms with E-state index in [0.29, 0.717) is 10.6 Å². The zero-order chi connectivity index (χ0) is 23.5. The van der Waals surface area contributed by atoms with E-state index in [1.54, 1.807) is 12.4 Å². The van der Waals surface area contributed by atoms with E-state index < -0.39 is 0 Å². The molecule has 4 nitrogen and oxygen atoms in total. The van der Waals surface area contributed by atoms with Gasteiger partial charge in [0, 0.05) is 28.4 Å². The Hall–Kier alpha value is -2.98. The Labute approximate surface area is 200 Å². The third-order valence-electron chi connectivity index (χ3n) is 6.35. The van der Waals surface area contributed by atoms with Gasteiger partial charge in [-0.3, -0.25) is 14.8 Å². The molecular weight excluding hydrogens is 430 g/mol. The van der Waals surface area contributed by atoms with Crippen molar-refractivity contribution in [2.24, 2.45) is 0 Å². The molecule has 1 aliphatic rings. The fraction of sp³-hybridized carbons (Fsp3) is 0.321. The third-order valence-corrected chi connectivity index (χ3v) is 6.57. The van der Waals surface area contributed by atoms with Crippen molar-refractivity contribution >= 4 is 28.4 Å². The molecule has 2 heterocycles.